The average Bonchev–Trinajstić information content (AvgIpc) is 2.30. The Balaban J connectivity index is 2.86. The van der Waals surface area contributed by atoms with E-state index in [0.717, 1.165) is 25.1 Å². The quantitative estimate of drug-likeness (QED) is 0.591. The average molecular weight is 293 g/mol. The number of hydrogen-bond donors (Lipinski definition) is 1. The molecule has 0 atom stereocenters. The van der Waals surface area contributed by atoms with E-state index < -0.39 is 0 Å². The summed E-state index contributed by atoms with van der Waals surface area (Å²) in [7, 11) is 0. The van der Waals surface area contributed by atoms with Crippen molar-refractivity contribution in [3.63, 3.8) is 0 Å². The van der Waals surface area contributed by atoms with E-state index in [4.69, 9.17) is 34.8 Å². The van der Waals surface area contributed by atoms with E-state index >= 15 is 0 Å². The second-order valence-electron chi connectivity index (χ2n) is 3.92. The standard InChI is InChI=1S/C13H16Cl3N/c1-3-6-17-8-9(2)7-10-11(14)4-5-12(15)13(10)16/h4-5,7,17H,3,6,8H2,1-2H3/b9-7+. The molecule has 0 aliphatic heterocycles. The van der Waals surface area contributed by atoms with E-state index in [1.807, 2.05) is 13.0 Å². The van der Waals surface area contributed by atoms with Crippen LogP contribution in [0.5, 0.6) is 0 Å². The van der Waals surface area contributed by atoms with Crippen LogP contribution in [0, 0.1) is 0 Å². The Morgan fingerprint density at radius 1 is 1.24 bits per heavy atom. The van der Waals surface area contributed by atoms with Crippen molar-refractivity contribution in [1.29, 1.82) is 0 Å². The molecule has 1 aromatic rings. The highest BCUT2D eigenvalue weighted by molar-refractivity contribution is 6.44. The lowest BCUT2D eigenvalue weighted by Crippen LogP contribution is -2.16. The number of benzene rings is 1. The maximum absolute atomic E-state index is 6.12. The summed E-state index contributed by atoms with van der Waals surface area (Å²) in [5, 5.41) is 4.97. The normalized spacial score (nSPS) is 11.9. The van der Waals surface area contributed by atoms with Crippen LogP contribution in [-0.4, -0.2) is 13.1 Å². The zero-order valence-corrected chi connectivity index (χ0v) is 12.3. The van der Waals surface area contributed by atoms with Crippen molar-refractivity contribution in [1.82, 2.24) is 5.32 Å². The summed E-state index contributed by atoms with van der Waals surface area (Å²) < 4.78 is 0. The molecule has 0 amide bonds. The van der Waals surface area contributed by atoms with Crippen LogP contribution in [0.4, 0.5) is 0 Å². The van der Waals surface area contributed by atoms with Gasteiger partial charge in [-0.15, -0.1) is 0 Å². The second-order valence-corrected chi connectivity index (χ2v) is 5.12. The van der Waals surface area contributed by atoms with Crippen molar-refractivity contribution in [3.05, 3.63) is 38.3 Å². The number of rotatable bonds is 5. The molecule has 94 valence electrons. The van der Waals surface area contributed by atoms with Crippen LogP contribution < -0.4 is 5.32 Å². The smallest absolute Gasteiger partial charge is 0.0679 e. The SMILES string of the molecule is CCCNC/C(C)=C/c1c(Cl)ccc(Cl)c1Cl. The third-order valence-electron chi connectivity index (χ3n) is 2.30. The second kappa shape index (κ2) is 7.27. The molecule has 4 heteroatoms. The van der Waals surface area contributed by atoms with Crippen LogP contribution in [0.2, 0.25) is 15.1 Å². The fraction of sp³-hybridized carbons (Fsp3) is 0.385. The highest BCUT2D eigenvalue weighted by Crippen LogP contribution is 2.32. The van der Waals surface area contributed by atoms with Gasteiger partial charge in [-0.05, 0) is 32.0 Å². The molecule has 0 unspecified atom stereocenters. The van der Waals surface area contributed by atoms with Crippen LogP contribution in [0.25, 0.3) is 6.08 Å². The molecule has 0 radical (unpaired) electrons. The first-order valence-corrected chi connectivity index (χ1v) is 6.71. The first kappa shape index (κ1) is 14.8. The predicted molar refractivity (Wildman–Crippen MR) is 78.3 cm³/mol. The molecular formula is C13H16Cl3N. The molecule has 1 nitrogen and oxygen atoms in total. The number of hydrogen-bond acceptors (Lipinski definition) is 1. The van der Waals surface area contributed by atoms with Crippen LogP contribution in [-0.2, 0) is 0 Å². The molecule has 0 fully saturated rings. The summed E-state index contributed by atoms with van der Waals surface area (Å²) in [6.45, 7) is 6.00. The molecule has 0 aliphatic carbocycles. The van der Waals surface area contributed by atoms with Gasteiger partial charge in [0.05, 0.1) is 10.0 Å². The van der Waals surface area contributed by atoms with Crippen molar-refractivity contribution < 1.29 is 0 Å². The summed E-state index contributed by atoms with van der Waals surface area (Å²) in [5.41, 5.74) is 1.96. The molecule has 1 N–H and O–H groups in total. The zero-order valence-electron chi connectivity index (χ0n) is 9.99. The van der Waals surface area contributed by atoms with E-state index in [0.29, 0.717) is 15.1 Å². The maximum Gasteiger partial charge on any atom is 0.0679 e. The lowest BCUT2D eigenvalue weighted by Gasteiger charge is -2.07. The fourth-order valence-corrected chi connectivity index (χ4v) is 2.08. The van der Waals surface area contributed by atoms with Gasteiger partial charge in [-0.2, -0.15) is 0 Å². The van der Waals surface area contributed by atoms with Gasteiger partial charge < -0.3 is 5.32 Å². The maximum atomic E-state index is 6.12. The first-order valence-electron chi connectivity index (χ1n) is 5.57. The molecule has 17 heavy (non-hydrogen) atoms. The van der Waals surface area contributed by atoms with Gasteiger partial charge in [0.25, 0.3) is 0 Å². The Morgan fingerprint density at radius 2 is 1.88 bits per heavy atom. The highest BCUT2D eigenvalue weighted by Gasteiger charge is 2.07. The lowest BCUT2D eigenvalue weighted by atomic mass is 10.1. The molecule has 1 rings (SSSR count). The van der Waals surface area contributed by atoms with Crippen molar-refractivity contribution >= 4 is 40.9 Å². The Bertz CT molecular complexity index is 413. The molecule has 0 heterocycles. The molecular weight excluding hydrogens is 277 g/mol. The first-order chi connectivity index (χ1) is 8.06. The van der Waals surface area contributed by atoms with E-state index in [9.17, 15) is 0 Å². The third kappa shape index (κ3) is 4.51. The van der Waals surface area contributed by atoms with E-state index in [-0.39, 0.29) is 0 Å². The van der Waals surface area contributed by atoms with E-state index in [1.54, 1.807) is 12.1 Å². The Morgan fingerprint density at radius 3 is 2.53 bits per heavy atom. The van der Waals surface area contributed by atoms with Crippen molar-refractivity contribution in [2.75, 3.05) is 13.1 Å². The lowest BCUT2D eigenvalue weighted by molar-refractivity contribution is 0.715. The monoisotopic (exact) mass is 291 g/mol. The molecule has 0 bridgehead atoms. The Hall–Kier alpha value is -0.210. The largest absolute Gasteiger partial charge is 0.313 e. The molecule has 0 spiro atoms. The van der Waals surface area contributed by atoms with E-state index in [2.05, 4.69) is 12.2 Å². The summed E-state index contributed by atoms with van der Waals surface area (Å²) in [6.07, 6.45) is 3.09. The Kier molecular flexibility index (Phi) is 6.35. The van der Waals surface area contributed by atoms with Gasteiger partial charge in [0.1, 0.15) is 0 Å². The van der Waals surface area contributed by atoms with Crippen molar-refractivity contribution in [3.8, 4) is 0 Å². The van der Waals surface area contributed by atoms with Gasteiger partial charge in [-0.1, -0.05) is 53.4 Å². The number of nitrogens with one attached hydrogen (secondary N) is 1. The van der Waals surface area contributed by atoms with Gasteiger partial charge in [0, 0.05) is 17.1 Å². The van der Waals surface area contributed by atoms with Gasteiger partial charge in [0.2, 0.25) is 0 Å². The Labute approximate surface area is 118 Å². The number of halogens is 3. The van der Waals surface area contributed by atoms with Crippen LogP contribution in [0.15, 0.2) is 17.7 Å². The topological polar surface area (TPSA) is 12.0 Å². The zero-order chi connectivity index (χ0) is 12.8. The molecule has 1 aromatic carbocycles. The van der Waals surface area contributed by atoms with Crippen LogP contribution >= 0.6 is 34.8 Å². The van der Waals surface area contributed by atoms with Gasteiger partial charge in [-0.25, -0.2) is 0 Å². The highest BCUT2D eigenvalue weighted by atomic mass is 35.5. The fourth-order valence-electron chi connectivity index (χ4n) is 1.43. The molecule has 0 aromatic heterocycles. The van der Waals surface area contributed by atoms with Crippen molar-refractivity contribution in [2.24, 2.45) is 0 Å². The van der Waals surface area contributed by atoms with Crippen molar-refractivity contribution in [2.45, 2.75) is 20.3 Å². The molecule has 0 saturated heterocycles. The summed E-state index contributed by atoms with van der Waals surface area (Å²) in [4.78, 5) is 0. The minimum Gasteiger partial charge on any atom is -0.313 e. The summed E-state index contributed by atoms with van der Waals surface area (Å²) in [5.74, 6) is 0. The third-order valence-corrected chi connectivity index (χ3v) is 3.45. The van der Waals surface area contributed by atoms with Crippen LogP contribution in [0.1, 0.15) is 25.8 Å². The summed E-state index contributed by atoms with van der Waals surface area (Å²) >= 11 is 18.2. The minimum absolute atomic E-state index is 0.508. The van der Waals surface area contributed by atoms with Gasteiger partial charge >= 0.3 is 0 Å². The van der Waals surface area contributed by atoms with E-state index in [1.165, 1.54) is 5.57 Å². The van der Waals surface area contributed by atoms with Gasteiger partial charge in [-0.3, -0.25) is 0 Å². The summed E-state index contributed by atoms with van der Waals surface area (Å²) in [6, 6.07) is 3.46. The predicted octanol–water partition coefficient (Wildman–Crippen LogP) is 5.05. The van der Waals surface area contributed by atoms with Crippen LogP contribution in [0.3, 0.4) is 0 Å². The van der Waals surface area contributed by atoms with Gasteiger partial charge in [0.15, 0.2) is 0 Å². The minimum atomic E-state index is 0.508. The molecule has 0 saturated carbocycles. The molecule has 0 aliphatic rings.